The number of nitro groups is 1. The van der Waals surface area contributed by atoms with Gasteiger partial charge in [0.15, 0.2) is 5.70 Å². The summed E-state index contributed by atoms with van der Waals surface area (Å²) in [6.07, 6.45) is 1.55. The number of likely N-dealkylation sites (N-methyl/N-ethyl adjacent to an activating group) is 1. The molecule has 0 radical (unpaired) electrons. The highest BCUT2D eigenvalue weighted by Crippen LogP contribution is 2.25. The molecule has 140 valence electrons. The molecule has 10 heteroatoms. The third kappa shape index (κ3) is 4.78. The molecule has 1 aromatic heterocycles. The molecule has 10 nitrogen and oxygen atoms in total. The highest BCUT2D eigenvalue weighted by Gasteiger charge is 2.31. The average Bonchev–Trinajstić information content (AvgIpc) is 3.16. The number of carboxylic acid groups (broad SMARTS) is 1. The Kier molecular flexibility index (Phi) is 5.71. The number of hydrogen-bond donors (Lipinski definition) is 2. The van der Waals surface area contributed by atoms with Crippen molar-refractivity contribution in [3.8, 4) is 11.3 Å². The molecule has 0 bridgehead atoms. The number of nitrogens with zero attached hydrogens (tertiary/aromatic N) is 2. The van der Waals surface area contributed by atoms with Crippen LogP contribution in [0.15, 0.2) is 46.5 Å². The molecule has 1 aliphatic rings. The van der Waals surface area contributed by atoms with Crippen LogP contribution in [0.4, 0.5) is 5.69 Å². The number of aliphatic carboxylic acids is 1. The quantitative estimate of drug-likeness (QED) is 0.390. The number of non-ortho nitro benzene ring substituents is 1. The fraction of sp³-hybridized carbons (Fsp3) is 0.118. The normalized spacial score (nSPS) is 14.6. The van der Waals surface area contributed by atoms with Crippen LogP contribution in [-0.4, -0.2) is 34.7 Å². The van der Waals surface area contributed by atoms with Crippen molar-refractivity contribution in [2.45, 2.75) is 6.92 Å². The first-order chi connectivity index (χ1) is 12.7. The number of rotatable bonds is 3. The molecule has 0 saturated heterocycles. The molecule has 0 atom stereocenters. The maximum atomic E-state index is 11.9. The summed E-state index contributed by atoms with van der Waals surface area (Å²) in [7, 11) is 1.57. The summed E-state index contributed by atoms with van der Waals surface area (Å²) in [5.74, 6) is -0.0704. The van der Waals surface area contributed by atoms with Crippen LogP contribution in [0.3, 0.4) is 0 Å². The van der Waals surface area contributed by atoms with Crippen molar-refractivity contribution in [3.63, 3.8) is 0 Å². The topological polar surface area (TPSA) is 157 Å². The minimum Gasteiger partial charge on any atom is -0.550 e. The second kappa shape index (κ2) is 7.95. The molecule has 2 heterocycles. The number of hydrogen-bond acceptors (Lipinski definition) is 7. The van der Waals surface area contributed by atoms with Crippen LogP contribution in [0.2, 0.25) is 0 Å². The summed E-state index contributed by atoms with van der Waals surface area (Å²) >= 11 is 0. The van der Waals surface area contributed by atoms with E-state index in [4.69, 9.17) is 20.1 Å². The molecule has 3 N–H and O–H groups in total. The van der Waals surface area contributed by atoms with Crippen molar-refractivity contribution in [1.29, 1.82) is 0 Å². The molecular formula is C17H16N4O6. The van der Waals surface area contributed by atoms with E-state index in [1.807, 2.05) is 0 Å². The second-order valence-electron chi connectivity index (χ2n) is 5.43. The maximum absolute atomic E-state index is 11.9. The van der Waals surface area contributed by atoms with Gasteiger partial charge in [-0.3, -0.25) is 15.8 Å². The Bertz CT molecular complexity index is 939. The van der Waals surface area contributed by atoms with E-state index in [2.05, 4.69) is 4.99 Å². The SMILES string of the molecule is CC(=O)[O-].CN1C(=O)C(=Cc2ccc(-c3ccc([N+](=O)[O-])cc3)o2)[NH+]=C1N. The summed E-state index contributed by atoms with van der Waals surface area (Å²) in [6, 6.07) is 9.45. The van der Waals surface area contributed by atoms with Gasteiger partial charge in [0.1, 0.15) is 11.5 Å². The molecule has 0 spiro atoms. The van der Waals surface area contributed by atoms with Gasteiger partial charge >= 0.3 is 11.9 Å². The Hall–Kier alpha value is -3.95. The van der Waals surface area contributed by atoms with Gasteiger partial charge in [0.05, 0.1) is 12.0 Å². The molecule has 1 aliphatic heterocycles. The summed E-state index contributed by atoms with van der Waals surface area (Å²) in [5, 5.41) is 19.5. The zero-order valence-corrected chi connectivity index (χ0v) is 14.5. The lowest BCUT2D eigenvalue weighted by Crippen LogP contribution is -2.71. The second-order valence-corrected chi connectivity index (χ2v) is 5.43. The third-order valence-corrected chi connectivity index (χ3v) is 3.44. The van der Waals surface area contributed by atoms with Crippen LogP contribution < -0.4 is 15.8 Å². The van der Waals surface area contributed by atoms with Gasteiger partial charge in [-0.05, 0) is 31.2 Å². The van der Waals surface area contributed by atoms with Gasteiger partial charge in [-0.15, -0.1) is 0 Å². The van der Waals surface area contributed by atoms with E-state index in [9.17, 15) is 14.9 Å². The number of amides is 1. The van der Waals surface area contributed by atoms with Crippen LogP contribution in [0.5, 0.6) is 0 Å². The Labute approximate surface area is 153 Å². The molecule has 1 aromatic carbocycles. The van der Waals surface area contributed by atoms with Gasteiger partial charge in [0.25, 0.3) is 5.69 Å². The van der Waals surface area contributed by atoms with Gasteiger partial charge in [-0.1, -0.05) is 0 Å². The molecular weight excluding hydrogens is 356 g/mol. The monoisotopic (exact) mass is 372 g/mol. The van der Waals surface area contributed by atoms with Crippen LogP contribution in [0.25, 0.3) is 17.4 Å². The standard InChI is InChI=1S/C15H12N4O4.C2H4O2/c1-18-14(20)12(17-15(18)16)8-11-6-7-13(23-11)9-2-4-10(5-3-9)19(21)22;1-2(3)4/h2-8H,1H3,(H2,16,17);1H3,(H,3,4). The number of carbonyl (C=O) groups excluding carboxylic acids is 2. The van der Waals surface area contributed by atoms with Crippen molar-refractivity contribution in [2.24, 2.45) is 5.73 Å². The van der Waals surface area contributed by atoms with Crippen LogP contribution >= 0.6 is 0 Å². The van der Waals surface area contributed by atoms with Gasteiger partial charge in [-0.2, -0.15) is 4.90 Å². The van der Waals surface area contributed by atoms with Crippen molar-refractivity contribution in [3.05, 3.63) is 58.0 Å². The average molecular weight is 372 g/mol. The zero-order valence-electron chi connectivity index (χ0n) is 14.5. The molecule has 27 heavy (non-hydrogen) atoms. The first kappa shape index (κ1) is 19.4. The Morgan fingerprint density at radius 3 is 2.33 bits per heavy atom. The van der Waals surface area contributed by atoms with E-state index in [-0.39, 0.29) is 17.6 Å². The minimum absolute atomic E-state index is 0.0115. The molecule has 0 unspecified atom stereocenters. The van der Waals surface area contributed by atoms with E-state index in [1.54, 1.807) is 37.4 Å². The smallest absolute Gasteiger partial charge is 0.356 e. The number of carboxylic acids is 1. The largest absolute Gasteiger partial charge is 0.550 e. The number of nitro benzene ring substituents is 1. The van der Waals surface area contributed by atoms with Crippen molar-refractivity contribution in [2.75, 3.05) is 7.05 Å². The fourth-order valence-electron chi connectivity index (χ4n) is 2.14. The number of guanidine groups is 1. The van der Waals surface area contributed by atoms with Crippen molar-refractivity contribution in [1.82, 2.24) is 4.90 Å². The van der Waals surface area contributed by atoms with E-state index < -0.39 is 10.9 Å². The summed E-state index contributed by atoms with van der Waals surface area (Å²) in [4.78, 5) is 35.0. The first-order valence-electron chi connectivity index (χ1n) is 7.60. The molecule has 3 rings (SSSR count). The summed E-state index contributed by atoms with van der Waals surface area (Å²) in [6.45, 7) is 0.972. The Morgan fingerprint density at radius 2 is 1.85 bits per heavy atom. The number of furan rings is 1. The molecule has 1 amide bonds. The lowest BCUT2D eigenvalue weighted by Gasteiger charge is -1.97. The van der Waals surface area contributed by atoms with Crippen molar-refractivity contribution >= 4 is 29.6 Å². The molecule has 2 aromatic rings. The lowest BCUT2D eigenvalue weighted by atomic mass is 10.1. The van der Waals surface area contributed by atoms with Gasteiger partial charge in [0, 0.05) is 29.7 Å². The lowest BCUT2D eigenvalue weighted by molar-refractivity contribution is -0.386. The Morgan fingerprint density at radius 1 is 1.26 bits per heavy atom. The summed E-state index contributed by atoms with van der Waals surface area (Å²) in [5.41, 5.74) is 6.66. The van der Waals surface area contributed by atoms with Crippen LogP contribution in [0, 0.1) is 10.1 Å². The van der Waals surface area contributed by atoms with Crippen LogP contribution in [0.1, 0.15) is 12.7 Å². The molecule has 0 saturated carbocycles. The minimum atomic E-state index is -1.08. The predicted octanol–water partition coefficient (Wildman–Crippen LogP) is -1.18. The highest BCUT2D eigenvalue weighted by molar-refractivity contribution is 6.07. The van der Waals surface area contributed by atoms with Gasteiger partial charge in [-0.25, -0.2) is 9.79 Å². The van der Waals surface area contributed by atoms with Gasteiger partial charge < -0.3 is 14.3 Å². The first-order valence-corrected chi connectivity index (χ1v) is 7.60. The van der Waals surface area contributed by atoms with E-state index in [0.717, 1.165) is 6.92 Å². The van der Waals surface area contributed by atoms with E-state index >= 15 is 0 Å². The maximum Gasteiger partial charge on any atom is 0.356 e. The number of nitrogens with one attached hydrogen (secondary N) is 1. The predicted molar refractivity (Wildman–Crippen MR) is 92.4 cm³/mol. The third-order valence-electron chi connectivity index (χ3n) is 3.44. The highest BCUT2D eigenvalue weighted by atomic mass is 16.6. The number of carbonyl (C=O) groups is 2. The van der Waals surface area contributed by atoms with Crippen LogP contribution in [-0.2, 0) is 9.59 Å². The van der Waals surface area contributed by atoms with Gasteiger partial charge in [0.2, 0.25) is 0 Å². The molecule has 0 fully saturated rings. The van der Waals surface area contributed by atoms with E-state index in [1.165, 1.54) is 17.0 Å². The number of nitrogens with two attached hydrogens (primary N) is 1. The fourth-order valence-corrected chi connectivity index (χ4v) is 2.14. The van der Waals surface area contributed by atoms with E-state index in [0.29, 0.717) is 22.8 Å². The van der Waals surface area contributed by atoms with Crippen molar-refractivity contribution < 1.29 is 29.0 Å². The zero-order chi connectivity index (χ0) is 20.1. The summed E-state index contributed by atoms with van der Waals surface area (Å²) < 4.78 is 5.64. The molecule has 0 aliphatic carbocycles. The number of benzene rings is 1. The Balaban J connectivity index is 0.000000596.